The lowest BCUT2D eigenvalue weighted by atomic mass is 9.56. The van der Waals surface area contributed by atoms with Crippen LogP contribution in [0.4, 0.5) is 0 Å². The van der Waals surface area contributed by atoms with Gasteiger partial charge in [0, 0.05) is 19.8 Å². The molecule has 0 aromatic carbocycles. The zero-order valence-corrected chi connectivity index (χ0v) is 9.73. The zero-order chi connectivity index (χ0) is 11.1. The largest absolute Gasteiger partial charge is 0.427 e. The second kappa shape index (κ2) is 6.11. The highest BCUT2D eigenvalue weighted by molar-refractivity contribution is 6.61. The van der Waals surface area contributed by atoms with Crippen LogP contribution in [-0.4, -0.2) is 32.4 Å². The van der Waals surface area contributed by atoms with Crippen molar-refractivity contribution in [3.8, 4) is 0 Å². The van der Waals surface area contributed by atoms with Crippen LogP contribution in [0.5, 0.6) is 0 Å². The van der Waals surface area contributed by atoms with E-state index in [9.17, 15) is 0 Å². The maximum absolute atomic E-state index is 5.69. The van der Waals surface area contributed by atoms with Gasteiger partial charge in [-0.1, -0.05) is 18.1 Å². The molecule has 84 valence electrons. The van der Waals surface area contributed by atoms with Crippen LogP contribution in [0.15, 0.2) is 24.2 Å². The molecule has 0 aliphatic carbocycles. The molecule has 0 amide bonds. The molecule has 0 atom stereocenters. The first kappa shape index (κ1) is 12.5. The standard InChI is InChI=1S/C11H19BO3/c1-4-13-11(14-5-2)9-7-8-10-12(11)15-6-3/h7-10H,4-6H2,1-3H3. The SMILES string of the molecule is CCOB1C=CC=CC1(OCC)OCC. The predicted octanol–water partition coefficient (Wildman–Crippen LogP) is 1.99. The van der Waals surface area contributed by atoms with E-state index in [-0.39, 0.29) is 6.92 Å². The van der Waals surface area contributed by atoms with Crippen molar-refractivity contribution in [3.63, 3.8) is 0 Å². The molecule has 0 saturated carbocycles. The van der Waals surface area contributed by atoms with Crippen molar-refractivity contribution in [2.45, 2.75) is 26.5 Å². The van der Waals surface area contributed by atoms with Crippen molar-refractivity contribution >= 4 is 6.92 Å². The molecule has 0 unspecified atom stereocenters. The number of ether oxygens (including phenoxy) is 2. The van der Waals surface area contributed by atoms with Gasteiger partial charge in [-0.2, -0.15) is 0 Å². The van der Waals surface area contributed by atoms with Crippen molar-refractivity contribution in [2.24, 2.45) is 0 Å². The Morgan fingerprint density at radius 1 is 1.00 bits per heavy atom. The van der Waals surface area contributed by atoms with Crippen molar-refractivity contribution in [2.75, 3.05) is 19.8 Å². The van der Waals surface area contributed by atoms with Gasteiger partial charge in [-0.25, -0.2) is 0 Å². The van der Waals surface area contributed by atoms with E-state index in [1.54, 1.807) is 0 Å². The summed E-state index contributed by atoms with van der Waals surface area (Å²) in [6, 6.07) is 0. The van der Waals surface area contributed by atoms with Crippen LogP contribution in [0.2, 0.25) is 0 Å². The average Bonchev–Trinajstić information content (AvgIpc) is 2.23. The van der Waals surface area contributed by atoms with Crippen LogP contribution in [-0.2, 0) is 14.1 Å². The molecule has 0 radical (unpaired) electrons. The highest BCUT2D eigenvalue weighted by atomic mass is 16.7. The molecular formula is C11H19BO3. The molecule has 0 N–H and O–H groups in total. The smallest absolute Gasteiger partial charge is 0.392 e. The fourth-order valence-corrected chi connectivity index (χ4v) is 1.69. The van der Waals surface area contributed by atoms with Gasteiger partial charge < -0.3 is 14.1 Å². The zero-order valence-electron chi connectivity index (χ0n) is 9.73. The van der Waals surface area contributed by atoms with Gasteiger partial charge in [0.2, 0.25) is 0 Å². The first-order valence-electron chi connectivity index (χ1n) is 5.54. The van der Waals surface area contributed by atoms with E-state index in [0.717, 1.165) is 0 Å². The number of allylic oxidation sites excluding steroid dienone is 2. The fourth-order valence-electron chi connectivity index (χ4n) is 1.69. The normalized spacial score (nSPS) is 18.5. The summed E-state index contributed by atoms with van der Waals surface area (Å²) in [5.74, 6) is 1.97. The van der Waals surface area contributed by atoms with Gasteiger partial charge in [-0.05, 0) is 26.8 Å². The van der Waals surface area contributed by atoms with Gasteiger partial charge in [0.15, 0.2) is 5.69 Å². The summed E-state index contributed by atoms with van der Waals surface area (Å²) < 4.78 is 17.0. The highest BCUT2D eigenvalue weighted by Gasteiger charge is 2.43. The number of hydrogen-bond acceptors (Lipinski definition) is 3. The Morgan fingerprint density at radius 3 is 2.20 bits per heavy atom. The third-order valence-corrected chi connectivity index (χ3v) is 2.21. The van der Waals surface area contributed by atoms with Crippen LogP contribution in [0, 0.1) is 0 Å². The van der Waals surface area contributed by atoms with E-state index in [4.69, 9.17) is 14.1 Å². The lowest BCUT2D eigenvalue weighted by Crippen LogP contribution is -2.51. The minimum absolute atomic E-state index is 0.160. The van der Waals surface area contributed by atoms with E-state index < -0.39 is 5.69 Å². The minimum Gasteiger partial charge on any atom is -0.427 e. The molecule has 15 heavy (non-hydrogen) atoms. The van der Waals surface area contributed by atoms with Gasteiger partial charge in [0.1, 0.15) is 0 Å². The molecule has 1 rings (SSSR count). The van der Waals surface area contributed by atoms with Crippen LogP contribution in [0.25, 0.3) is 0 Å². The van der Waals surface area contributed by atoms with E-state index in [1.807, 2.05) is 45.0 Å². The maximum atomic E-state index is 5.69. The highest BCUT2D eigenvalue weighted by Crippen LogP contribution is 2.24. The molecule has 0 bridgehead atoms. The molecule has 0 fully saturated rings. The average molecular weight is 210 g/mol. The Morgan fingerprint density at radius 2 is 1.67 bits per heavy atom. The second-order valence-corrected chi connectivity index (χ2v) is 3.21. The molecule has 0 aromatic heterocycles. The lowest BCUT2D eigenvalue weighted by molar-refractivity contribution is -0.152. The van der Waals surface area contributed by atoms with Crippen molar-refractivity contribution in [1.29, 1.82) is 0 Å². The summed E-state index contributed by atoms with van der Waals surface area (Å²) in [6.45, 7) is 7.56. The summed E-state index contributed by atoms with van der Waals surface area (Å²) >= 11 is 0. The topological polar surface area (TPSA) is 27.7 Å². The van der Waals surface area contributed by atoms with Crippen molar-refractivity contribution in [1.82, 2.24) is 0 Å². The van der Waals surface area contributed by atoms with E-state index in [0.29, 0.717) is 19.8 Å². The molecule has 0 aromatic rings. The molecule has 1 aliphatic heterocycles. The third kappa shape index (κ3) is 2.94. The Balaban J connectivity index is 2.80. The van der Waals surface area contributed by atoms with Gasteiger partial charge in [-0.15, -0.1) is 0 Å². The molecule has 0 saturated heterocycles. The van der Waals surface area contributed by atoms with Gasteiger partial charge in [-0.3, -0.25) is 0 Å². The maximum Gasteiger partial charge on any atom is 0.392 e. The minimum atomic E-state index is -0.742. The number of hydrogen-bond donors (Lipinski definition) is 0. The first-order chi connectivity index (χ1) is 7.29. The molecule has 4 heteroatoms. The van der Waals surface area contributed by atoms with E-state index in [1.165, 1.54) is 0 Å². The summed E-state index contributed by atoms with van der Waals surface area (Å²) in [4.78, 5) is 0. The summed E-state index contributed by atoms with van der Waals surface area (Å²) in [5.41, 5.74) is -0.742. The Labute approximate surface area is 92.2 Å². The van der Waals surface area contributed by atoms with Crippen LogP contribution in [0.3, 0.4) is 0 Å². The van der Waals surface area contributed by atoms with Crippen LogP contribution < -0.4 is 0 Å². The molecule has 1 aliphatic rings. The van der Waals surface area contributed by atoms with Gasteiger partial charge >= 0.3 is 6.92 Å². The quantitative estimate of drug-likeness (QED) is 0.495. The summed E-state index contributed by atoms with van der Waals surface area (Å²) in [6.07, 6.45) is 5.80. The second-order valence-electron chi connectivity index (χ2n) is 3.21. The molecular weight excluding hydrogens is 191 g/mol. The Hall–Kier alpha value is -0.575. The first-order valence-corrected chi connectivity index (χ1v) is 5.54. The van der Waals surface area contributed by atoms with Crippen molar-refractivity contribution < 1.29 is 14.1 Å². The summed E-state index contributed by atoms with van der Waals surface area (Å²) in [5, 5.41) is 0. The Bertz CT molecular complexity index is 232. The fraction of sp³-hybridized carbons (Fsp3) is 0.636. The Kier molecular flexibility index (Phi) is 5.09. The monoisotopic (exact) mass is 210 g/mol. The van der Waals surface area contributed by atoms with E-state index >= 15 is 0 Å². The number of rotatable bonds is 6. The van der Waals surface area contributed by atoms with Gasteiger partial charge in [0.25, 0.3) is 0 Å². The van der Waals surface area contributed by atoms with E-state index in [2.05, 4.69) is 0 Å². The molecule has 0 spiro atoms. The van der Waals surface area contributed by atoms with Crippen molar-refractivity contribution in [3.05, 3.63) is 24.2 Å². The lowest BCUT2D eigenvalue weighted by Gasteiger charge is -2.34. The van der Waals surface area contributed by atoms with Crippen LogP contribution >= 0.6 is 0 Å². The molecule has 3 nitrogen and oxygen atoms in total. The molecule has 1 heterocycles. The summed E-state index contributed by atoms with van der Waals surface area (Å²) in [7, 11) is 0. The predicted molar refractivity (Wildman–Crippen MR) is 61.6 cm³/mol. The van der Waals surface area contributed by atoms with Gasteiger partial charge in [0.05, 0.1) is 0 Å². The van der Waals surface area contributed by atoms with Crippen LogP contribution in [0.1, 0.15) is 20.8 Å². The third-order valence-electron chi connectivity index (χ3n) is 2.21.